The van der Waals surface area contributed by atoms with Crippen molar-refractivity contribution in [3.8, 4) is 0 Å². The van der Waals surface area contributed by atoms with E-state index in [1.807, 2.05) is 0 Å². The molecule has 2 rings (SSSR count). The minimum Gasteiger partial charge on any atom is -0.312 e. The monoisotopic (exact) mass is 208 g/mol. The molecule has 1 N–H and O–H groups in total. The predicted octanol–water partition coefficient (Wildman–Crippen LogP) is 1.53. The zero-order valence-corrected chi connectivity index (χ0v) is 10.0. The van der Waals surface area contributed by atoms with Crippen molar-refractivity contribution in [2.24, 2.45) is 5.41 Å². The van der Waals surface area contributed by atoms with Gasteiger partial charge in [0, 0.05) is 19.5 Å². The molecule has 0 saturated heterocycles. The fourth-order valence-electron chi connectivity index (χ4n) is 2.17. The summed E-state index contributed by atoms with van der Waals surface area (Å²) in [4.78, 5) is 0. The van der Waals surface area contributed by atoms with Crippen LogP contribution in [0.15, 0.2) is 0 Å². The quantitative estimate of drug-likeness (QED) is 0.761. The summed E-state index contributed by atoms with van der Waals surface area (Å²) in [5.74, 6) is 2.21. The van der Waals surface area contributed by atoms with Gasteiger partial charge in [0.05, 0.1) is 6.04 Å². The van der Waals surface area contributed by atoms with Crippen LogP contribution < -0.4 is 5.32 Å². The van der Waals surface area contributed by atoms with Gasteiger partial charge in [0.15, 0.2) is 5.82 Å². The minimum atomic E-state index is 0.191. The summed E-state index contributed by atoms with van der Waals surface area (Å²) in [6, 6.07) is 0.319. The third kappa shape index (κ3) is 1.78. The molecule has 4 nitrogen and oxygen atoms in total. The van der Waals surface area contributed by atoms with Crippen molar-refractivity contribution in [3.05, 3.63) is 11.6 Å². The third-order valence-corrected chi connectivity index (χ3v) is 2.98. The van der Waals surface area contributed by atoms with Crippen LogP contribution >= 0.6 is 0 Å². The average Bonchev–Trinajstić information content (AvgIpc) is 2.58. The number of fused-ring (bicyclic) bond motifs is 1. The Morgan fingerprint density at radius 2 is 2.13 bits per heavy atom. The van der Waals surface area contributed by atoms with E-state index in [1.165, 1.54) is 0 Å². The van der Waals surface area contributed by atoms with Crippen molar-refractivity contribution < 1.29 is 0 Å². The molecule has 0 amide bonds. The second-order valence-electron chi connectivity index (χ2n) is 5.23. The van der Waals surface area contributed by atoms with Crippen molar-refractivity contribution in [1.29, 1.82) is 0 Å². The Labute approximate surface area is 91.1 Å². The number of hydrogen-bond acceptors (Lipinski definition) is 3. The first kappa shape index (κ1) is 10.6. The molecule has 1 aromatic rings. The maximum atomic E-state index is 4.33. The van der Waals surface area contributed by atoms with Gasteiger partial charge in [0.25, 0.3) is 0 Å². The number of aromatic nitrogens is 3. The van der Waals surface area contributed by atoms with Crippen LogP contribution in [0.3, 0.4) is 0 Å². The molecule has 2 heterocycles. The highest BCUT2D eigenvalue weighted by Crippen LogP contribution is 2.33. The molecule has 0 aliphatic carbocycles. The molecule has 0 spiro atoms. The highest BCUT2D eigenvalue weighted by molar-refractivity contribution is 5.07. The predicted molar refractivity (Wildman–Crippen MR) is 59.6 cm³/mol. The molecule has 1 aliphatic rings. The lowest BCUT2D eigenvalue weighted by molar-refractivity contribution is 0.232. The van der Waals surface area contributed by atoms with Crippen LogP contribution in [0.25, 0.3) is 0 Å². The second kappa shape index (κ2) is 3.59. The van der Waals surface area contributed by atoms with E-state index in [0.717, 1.165) is 31.2 Å². The largest absolute Gasteiger partial charge is 0.312 e. The summed E-state index contributed by atoms with van der Waals surface area (Å²) in [6.07, 6.45) is 0.962. The van der Waals surface area contributed by atoms with Gasteiger partial charge in [0.2, 0.25) is 0 Å². The molecule has 0 saturated carbocycles. The third-order valence-electron chi connectivity index (χ3n) is 2.98. The molecule has 1 unspecified atom stereocenters. The molecule has 1 aromatic heterocycles. The highest BCUT2D eigenvalue weighted by Gasteiger charge is 2.33. The maximum absolute atomic E-state index is 4.33. The fraction of sp³-hybridized carbons (Fsp3) is 0.818. The minimum absolute atomic E-state index is 0.191. The van der Waals surface area contributed by atoms with Crippen LogP contribution in [-0.2, 0) is 13.0 Å². The summed E-state index contributed by atoms with van der Waals surface area (Å²) in [6.45, 7) is 10.9. The second-order valence-corrected chi connectivity index (χ2v) is 5.23. The number of hydrogen-bond donors (Lipinski definition) is 1. The van der Waals surface area contributed by atoms with E-state index in [2.05, 4.69) is 47.8 Å². The van der Waals surface area contributed by atoms with Crippen LogP contribution in [0.5, 0.6) is 0 Å². The Morgan fingerprint density at radius 1 is 1.40 bits per heavy atom. The van der Waals surface area contributed by atoms with Crippen molar-refractivity contribution in [2.75, 3.05) is 6.54 Å². The first-order chi connectivity index (χ1) is 7.04. The van der Waals surface area contributed by atoms with E-state index in [9.17, 15) is 0 Å². The number of nitrogens with zero attached hydrogens (tertiary/aromatic N) is 3. The van der Waals surface area contributed by atoms with Gasteiger partial charge in [-0.05, 0) is 5.41 Å². The van der Waals surface area contributed by atoms with Gasteiger partial charge >= 0.3 is 0 Å². The summed E-state index contributed by atoms with van der Waals surface area (Å²) in [5.41, 5.74) is 0.191. The SMILES string of the molecule is CCc1nnc2n1CCNC2C(C)(C)C. The Bertz CT molecular complexity index is 348. The van der Waals surface area contributed by atoms with Gasteiger partial charge in [0.1, 0.15) is 5.82 Å². The fourth-order valence-corrected chi connectivity index (χ4v) is 2.17. The van der Waals surface area contributed by atoms with Crippen LogP contribution in [0.1, 0.15) is 45.4 Å². The zero-order chi connectivity index (χ0) is 11.1. The lowest BCUT2D eigenvalue weighted by Gasteiger charge is -2.34. The van der Waals surface area contributed by atoms with Crippen molar-refractivity contribution in [3.63, 3.8) is 0 Å². The molecule has 1 aliphatic heterocycles. The van der Waals surface area contributed by atoms with Crippen molar-refractivity contribution in [2.45, 2.75) is 46.7 Å². The first-order valence-electron chi connectivity index (χ1n) is 5.69. The van der Waals surface area contributed by atoms with Crippen LogP contribution in [0.4, 0.5) is 0 Å². The zero-order valence-electron chi connectivity index (χ0n) is 10.0. The first-order valence-corrected chi connectivity index (χ1v) is 5.69. The van der Waals surface area contributed by atoms with Gasteiger partial charge in [-0.15, -0.1) is 10.2 Å². The van der Waals surface area contributed by atoms with Crippen LogP contribution in [0, 0.1) is 5.41 Å². The van der Waals surface area contributed by atoms with Gasteiger partial charge in [-0.2, -0.15) is 0 Å². The molecule has 15 heavy (non-hydrogen) atoms. The normalized spacial score (nSPS) is 21.5. The molecule has 0 aromatic carbocycles. The van der Waals surface area contributed by atoms with Crippen LogP contribution in [0.2, 0.25) is 0 Å². The standard InChI is InChI=1S/C11H20N4/c1-5-8-13-14-10-9(11(2,3)4)12-6-7-15(8)10/h9,12H,5-7H2,1-4H3. The molecule has 84 valence electrons. The van der Waals surface area contributed by atoms with E-state index < -0.39 is 0 Å². The van der Waals surface area contributed by atoms with Gasteiger partial charge in [-0.25, -0.2) is 0 Å². The van der Waals surface area contributed by atoms with E-state index in [0.29, 0.717) is 6.04 Å². The van der Waals surface area contributed by atoms with Crippen molar-refractivity contribution in [1.82, 2.24) is 20.1 Å². The molecule has 1 atom stereocenters. The van der Waals surface area contributed by atoms with Crippen molar-refractivity contribution >= 4 is 0 Å². The molecule has 0 bridgehead atoms. The average molecular weight is 208 g/mol. The number of nitrogens with one attached hydrogen (secondary N) is 1. The lowest BCUT2D eigenvalue weighted by atomic mass is 9.85. The molecule has 4 heteroatoms. The Hall–Kier alpha value is -0.900. The van der Waals surface area contributed by atoms with Gasteiger partial charge < -0.3 is 9.88 Å². The Kier molecular flexibility index (Phi) is 2.54. The number of rotatable bonds is 1. The van der Waals surface area contributed by atoms with Gasteiger partial charge in [-0.3, -0.25) is 0 Å². The van der Waals surface area contributed by atoms with Gasteiger partial charge in [-0.1, -0.05) is 27.7 Å². The molecular weight excluding hydrogens is 188 g/mol. The van der Waals surface area contributed by atoms with E-state index in [1.54, 1.807) is 0 Å². The molecular formula is C11H20N4. The van der Waals surface area contributed by atoms with Crippen LogP contribution in [-0.4, -0.2) is 21.3 Å². The Balaban J connectivity index is 2.39. The summed E-state index contributed by atoms with van der Waals surface area (Å²) in [5, 5.41) is 12.1. The number of aryl methyl sites for hydroxylation is 1. The summed E-state index contributed by atoms with van der Waals surface area (Å²) in [7, 11) is 0. The molecule has 0 radical (unpaired) electrons. The lowest BCUT2D eigenvalue weighted by Crippen LogP contribution is -2.40. The highest BCUT2D eigenvalue weighted by atomic mass is 15.3. The summed E-state index contributed by atoms with van der Waals surface area (Å²) >= 11 is 0. The maximum Gasteiger partial charge on any atom is 0.150 e. The summed E-state index contributed by atoms with van der Waals surface area (Å²) < 4.78 is 2.27. The molecule has 0 fully saturated rings. The van der Waals surface area contributed by atoms with E-state index in [4.69, 9.17) is 0 Å². The topological polar surface area (TPSA) is 42.7 Å². The van der Waals surface area contributed by atoms with E-state index in [-0.39, 0.29) is 5.41 Å². The smallest absolute Gasteiger partial charge is 0.150 e. The Morgan fingerprint density at radius 3 is 2.73 bits per heavy atom. The van der Waals surface area contributed by atoms with E-state index >= 15 is 0 Å².